The van der Waals surface area contributed by atoms with E-state index in [0.717, 1.165) is 31.2 Å². The van der Waals surface area contributed by atoms with Crippen LogP contribution in [0.15, 0.2) is 18.2 Å². The summed E-state index contributed by atoms with van der Waals surface area (Å²) in [5.74, 6) is 0.128. The molecule has 0 spiro atoms. The standard InChI is InChI=1S/C13H16FN3O/c14-8-1-6-12-11(7-8)16-13(15)17(12)9-2-4-10(18)5-3-9/h1,6-7,9-10,18H,2-5H2,(H2,15,16)/t9-,10-. The lowest BCUT2D eigenvalue weighted by molar-refractivity contribution is 0.112. The van der Waals surface area contributed by atoms with Crippen molar-refractivity contribution in [1.29, 1.82) is 0 Å². The van der Waals surface area contributed by atoms with Gasteiger partial charge in [-0.25, -0.2) is 9.37 Å². The Kier molecular flexibility index (Phi) is 2.70. The topological polar surface area (TPSA) is 64.1 Å². The first-order chi connectivity index (χ1) is 8.65. The summed E-state index contributed by atoms with van der Waals surface area (Å²) in [6.45, 7) is 0. The van der Waals surface area contributed by atoms with Crippen LogP contribution in [0.2, 0.25) is 0 Å². The van der Waals surface area contributed by atoms with Crippen LogP contribution in [-0.2, 0) is 0 Å². The molecule has 18 heavy (non-hydrogen) atoms. The number of benzene rings is 1. The number of fused-ring (bicyclic) bond motifs is 1. The maximum Gasteiger partial charge on any atom is 0.201 e. The zero-order chi connectivity index (χ0) is 12.7. The predicted octanol–water partition coefficient (Wildman–Crippen LogP) is 2.23. The van der Waals surface area contributed by atoms with Crippen molar-refractivity contribution in [1.82, 2.24) is 9.55 Å². The van der Waals surface area contributed by atoms with Crippen LogP contribution in [-0.4, -0.2) is 20.8 Å². The van der Waals surface area contributed by atoms with Crippen LogP contribution in [0.5, 0.6) is 0 Å². The van der Waals surface area contributed by atoms with Crippen LogP contribution in [0.4, 0.5) is 10.3 Å². The Morgan fingerprint density at radius 2 is 2.00 bits per heavy atom. The lowest BCUT2D eigenvalue weighted by Crippen LogP contribution is -2.22. The van der Waals surface area contributed by atoms with Gasteiger partial charge in [0, 0.05) is 12.1 Å². The van der Waals surface area contributed by atoms with Crippen LogP contribution in [0, 0.1) is 5.82 Å². The first kappa shape index (κ1) is 11.5. The highest BCUT2D eigenvalue weighted by atomic mass is 19.1. The Morgan fingerprint density at radius 3 is 2.72 bits per heavy atom. The number of hydrogen-bond acceptors (Lipinski definition) is 3. The van der Waals surface area contributed by atoms with Gasteiger partial charge in [-0.3, -0.25) is 0 Å². The van der Waals surface area contributed by atoms with Gasteiger partial charge in [-0.2, -0.15) is 0 Å². The van der Waals surface area contributed by atoms with Gasteiger partial charge >= 0.3 is 0 Å². The average molecular weight is 249 g/mol. The average Bonchev–Trinajstić information content (AvgIpc) is 2.65. The van der Waals surface area contributed by atoms with Crippen LogP contribution in [0.1, 0.15) is 31.7 Å². The summed E-state index contributed by atoms with van der Waals surface area (Å²) in [6.07, 6.45) is 3.13. The number of imidazole rings is 1. The fourth-order valence-electron chi connectivity index (χ4n) is 2.79. The fraction of sp³-hybridized carbons (Fsp3) is 0.462. The molecule has 3 rings (SSSR count). The summed E-state index contributed by atoms with van der Waals surface area (Å²) in [5.41, 5.74) is 7.40. The number of anilines is 1. The van der Waals surface area contributed by atoms with Crippen molar-refractivity contribution in [2.45, 2.75) is 37.8 Å². The number of aromatic nitrogens is 2. The minimum Gasteiger partial charge on any atom is -0.393 e. The van der Waals surface area contributed by atoms with E-state index in [4.69, 9.17) is 5.73 Å². The number of aliphatic hydroxyl groups is 1. The molecule has 1 fully saturated rings. The molecule has 0 radical (unpaired) electrons. The molecule has 1 aliphatic carbocycles. The van der Waals surface area contributed by atoms with E-state index >= 15 is 0 Å². The molecule has 1 aliphatic rings. The van der Waals surface area contributed by atoms with E-state index in [1.165, 1.54) is 12.1 Å². The predicted molar refractivity (Wildman–Crippen MR) is 67.6 cm³/mol. The number of nitrogen functional groups attached to an aromatic ring is 1. The number of aliphatic hydroxyl groups excluding tert-OH is 1. The Morgan fingerprint density at radius 1 is 1.28 bits per heavy atom. The zero-order valence-corrected chi connectivity index (χ0v) is 10.0. The molecule has 0 amide bonds. The highest BCUT2D eigenvalue weighted by Crippen LogP contribution is 2.33. The van der Waals surface area contributed by atoms with Crippen molar-refractivity contribution in [3.63, 3.8) is 0 Å². The first-order valence-electron chi connectivity index (χ1n) is 6.26. The van der Waals surface area contributed by atoms with Crippen molar-refractivity contribution in [3.8, 4) is 0 Å². The van der Waals surface area contributed by atoms with Gasteiger partial charge in [-0.1, -0.05) is 0 Å². The summed E-state index contributed by atoms with van der Waals surface area (Å²) < 4.78 is 15.1. The zero-order valence-electron chi connectivity index (χ0n) is 10.0. The third-order valence-corrected chi connectivity index (χ3v) is 3.71. The first-order valence-corrected chi connectivity index (χ1v) is 6.26. The van der Waals surface area contributed by atoms with Crippen LogP contribution < -0.4 is 5.73 Å². The fourth-order valence-corrected chi connectivity index (χ4v) is 2.79. The van der Waals surface area contributed by atoms with Gasteiger partial charge in [0.05, 0.1) is 17.1 Å². The molecule has 0 aliphatic heterocycles. The third kappa shape index (κ3) is 1.84. The summed E-state index contributed by atoms with van der Waals surface area (Å²) in [5, 5.41) is 9.54. The molecule has 0 unspecified atom stereocenters. The summed E-state index contributed by atoms with van der Waals surface area (Å²) in [6, 6.07) is 4.81. The molecule has 0 atom stereocenters. The van der Waals surface area contributed by atoms with Crippen LogP contribution in [0.3, 0.4) is 0 Å². The number of halogens is 1. The lowest BCUT2D eigenvalue weighted by Gasteiger charge is -2.27. The molecule has 1 aromatic heterocycles. The van der Waals surface area contributed by atoms with Crippen LogP contribution >= 0.6 is 0 Å². The number of rotatable bonds is 1. The molecule has 0 saturated heterocycles. The van der Waals surface area contributed by atoms with Gasteiger partial charge in [0.1, 0.15) is 5.82 Å². The van der Waals surface area contributed by atoms with E-state index in [-0.39, 0.29) is 18.0 Å². The number of hydrogen-bond donors (Lipinski definition) is 2. The summed E-state index contributed by atoms with van der Waals surface area (Å²) in [4.78, 5) is 4.21. The maximum absolute atomic E-state index is 13.1. The second kappa shape index (κ2) is 4.24. The van der Waals surface area contributed by atoms with Crippen LogP contribution in [0.25, 0.3) is 11.0 Å². The summed E-state index contributed by atoms with van der Waals surface area (Å²) in [7, 11) is 0. The molecule has 96 valence electrons. The molecule has 1 aromatic carbocycles. The Hall–Kier alpha value is -1.62. The molecule has 5 heteroatoms. The normalized spacial score (nSPS) is 24.6. The van der Waals surface area contributed by atoms with Crippen molar-refractivity contribution in [2.75, 3.05) is 5.73 Å². The van der Waals surface area contributed by atoms with Crippen molar-refractivity contribution in [2.24, 2.45) is 0 Å². The minimum atomic E-state index is -0.300. The van der Waals surface area contributed by atoms with E-state index in [9.17, 15) is 9.50 Å². The lowest BCUT2D eigenvalue weighted by atomic mass is 9.93. The molecule has 1 saturated carbocycles. The molecule has 4 nitrogen and oxygen atoms in total. The number of nitrogens with two attached hydrogens (primary N) is 1. The molecule has 1 heterocycles. The highest BCUT2D eigenvalue weighted by molar-refractivity contribution is 5.78. The molecular formula is C13H16FN3O. The number of nitrogens with zero attached hydrogens (tertiary/aromatic N) is 2. The minimum absolute atomic E-state index is 0.199. The Bertz CT molecular complexity index is 573. The summed E-state index contributed by atoms with van der Waals surface area (Å²) >= 11 is 0. The second-order valence-electron chi connectivity index (χ2n) is 4.94. The largest absolute Gasteiger partial charge is 0.393 e. The monoisotopic (exact) mass is 249 g/mol. The van der Waals surface area contributed by atoms with E-state index in [1.54, 1.807) is 6.07 Å². The molecule has 3 N–H and O–H groups in total. The molecule has 2 aromatic rings. The smallest absolute Gasteiger partial charge is 0.201 e. The van der Waals surface area contributed by atoms with Gasteiger partial charge in [-0.15, -0.1) is 0 Å². The SMILES string of the molecule is Nc1nc2cc(F)ccc2n1[C@H]1CC[C@H](O)CC1. The van der Waals surface area contributed by atoms with Gasteiger partial charge < -0.3 is 15.4 Å². The Balaban J connectivity index is 2.03. The molecular weight excluding hydrogens is 233 g/mol. The van der Waals surface area contributed by atoms with Crippen molar-refractivity contribution < 1.29 is 9.50 Å². The van der Waals surface area contributed by atoms with Gasteiger partial charge in [-0.05, 0) is 37.8 Å². The quantitative estimate of drug-likeness (QED) is 0.814. The van der Waals surface area contributed by atoms with Gasteiger partial charge in [0.15, 0.2) is 0 Å². The third-order valence-electron chi connectivity index (χ3n) is 3.71. The second-order valence-corrected chi connectivity index (χ2v) is 4.94. The van der Waals surface area contributed by atoms with E-state index in [1.807, 2.05) is 4.57 Å². The Labute approximate surface area is 104 Å². The maximum atomic E-state index is 13.1. The van der Waals surface area contributed by atoms with Crippen molar-refractivity contribution in [3.05, 3.63) is 24.0 Å². The van der Waals surface area contributed by atoms with E-state index in [2.05, 4.69) is 4.98 Å². The van der Waals surface area contributed by atoms with Gasteiger partial charge in [0.2, 0.25) is 5.95 Å². The van der Waals surface area contributed by atoms with Crippen molar-refractivity contribution >= 4 is 17.0 Å². The van der Waals surface area contributed by atoms with Gasteiger partial charge in [0.25, 0.3) is 0 Å². The highest BCUT2D eigenvalue weighted by Gasteiger charge is 2.23. The molecule has 0 bridgehead atoms. The van der Waals surface area contributed by atoms with E-state index < -0.39 is 0 Å². The van der Waals surface area contributed by atoms with E-state index in [0.29, 0.717) is 11.5 Å².